The summed E-state index contributed by atoms with van der Waals surface area (Å²) in [5.41, 5.74) is 2.01. The van der Waals surface area contributed by atoms with Gasteiger partial charge in [-0.05, 0) is 19.1 Å². The number of anilines is 1. The quantitative estimate of drug-likeness (QED) is 0.526. The summed E-state index contributed by atoms with van der Waals surface area (Å²) >= 11 is 6.95. The first-order valence-corrected chi connectivity index (χ1v) is 8.71. The fraction of sp³-hybridized carbons (Fsp3) is 0.125. The standard InChI is InChI=1S/C16H15ClN6OS/c1-10-2-4-11(5-3-10)15-21-22-16(23(15)18)25-9-14(24)20-13-7-6-12(17)8-19-13/h2-8H,9,18H2,1H3,(H,19,20,24). The summed E-state index contributed by atoms with van der Waals surface area (Å²) in [6, 6.07) is 11.1. The van der Waals surface area contributed by atoms with Crippen LogP contribution in [-0.2, 0) is 4.79 Å². The number of pyridine rings is 1. The number of thioether (sulfide) groups is 1. The summed E-state index contributed by atoms with van der Waals surface area (Å²) in [6.45, 7) is 2.01. The van der Waals surface area contributed by atoms with Crippen molar-refractivity contribution in [2.45, 2.75) is 12.1 Å². The molecule has 128 valence electrons. The van der Waals surface area contributed by atoms with Crippen molar-refractivity contribution in [2.24, 2.45) is 0 Å². The zero-order chi connectivity index (χ0) is 17.8. The molecule has 0 aliphatic rings. The van der Waals surface area contributed by atoms with Crippen LogP contribution in [0.15, 0.2) is 47.8 Å². The topological polar surface area (TPSA) is 98.7 Å². The summed E-state index contributed by atoms with van der Waals surface area (Å²) in [6.07, 6.45) is 1.47. The predicted molar refractivity (Wildman–Crippen MR) is 98.9 cm³/mol. The van der Waals surface area contributed by atoms with Crippen LogP contribution >= 0.6 is 23.4 Å². The van der Waals surface area contributed by atoms with Crippen molar-refractivity contribution in [2.75, 3.05) is 16.9 Å². The first-order chi connectivity index (χ1) is 12.0. The molecule has 3 aromatic rings. The molecule has 2 aromatic heterocycles. The third kappa shape index (κ3) is 4.28. The third-order valence-corrected chi connectivity index (χ3v) is 4.47. The molecule has 0 spiro atoms. The van der Waals surface area contributed by atoms with Crippen molar-refractivity contribution in [1.82, 2.24) is 19.9 Å². The van der Waals surface area contributed by atoms with Gasteiger partial charge in [-0.1, -0.05) is 53.2 Å². The second kappa shape index (κ2) is 7.54. The molecule has 0 saturated heterocycles. The lowest BCUT2D eigenvalue weighted by Gasteiger charge is -2.05. The summed E-state index contributed by atoms with van der Waals surface area (Å²) in [5.74, 6) is 6.93. The minimum Gasteiger partial charge on any atom is -0.335 e. The fourth-order valence-electron chi connectivity index (χ4n) is 2.03. The minimum absolute atomic E-state index is 0.132. The second-order valence-electron chi connectivity index (χ2n) is 5.24. The Morgan fingerprint density at radius 2 is 2.00 bits per heavy atom. The number of carbonyl (C=O) groups is 1. The van der Waals surface area contributed by atoms with E-state index in [0.29, 0.717) is 21.8 Å². The van der Waals surface area contributed by atoms with Gasteiger partial charge in [0.25, 0.3) is 0 Å². The number of benzene rings is 1. The number of hydrogen-bond donors (Lipinski definition) is 2. The number of carbonyl (C=O) groups excluding carboxylic acids is 1. The largest absolute Gasteiger partial charge is 0.335 e. The molecule has 25 heavy (non-hydrogen) atoms. The van der Waals surface area contributed by atoms with E-state index >= 15 is 0 Å². The Kier molecular flexibility index (Phi) is 5.20. The summed E-state index contributed by atoms with van der Waals surface area (Å²) < 4.78 is 1.38. The van der Waals surface area contributed by atoms with E-state index in [1.54, 1.807) is 12.1 Å². The molecule has 3 rings (SSSR count). The number of aryl methyl sites for hydroxylation is 1. The van der Waals surface area contributed by atoms with Gasteiger partial charge in [0.1, 0.15) is 5.82 Å². The van der Waals surface area contributed by atoms with Crippen LogP contribution in [0.3, 0.4) is 0 Å². The lowest BCUT2D eigenvalue weighted by Crippen LogP contribution is -2.17. The average Bonchev–Trinajstić information content (AvgIpc) is 2.97. The van der Waals surface area contributed by atoms with Crippen LogP contribution < -0.4 is 11.2 Å². The van der Waals surface area contributed by atoms with Gasteiger partial charge in [-0.3, -0.25) is 4.79 Å². The number of nitrogen functional groups attached to an aromatic ring is 1. The molecule has 2 heterocycles. The Bertz CT molecular complexity index is 879. The van der Waals surface area contributed by atoms with E-state index in [0.717, 1.165) is 11.1 Å². The van der Waals surface area contributed by atoms with Gasteiger partial charge in [0.15, 0.2) is 5.82 Å². The molecule has 1 amide bonds. The lowest BCUT2D eigenvalue weighted by molar-refractivity contribution is -0.113. The number of amides is 1. The molecule has 7 nitrogen and oxygen atoms in total. The van der Waals surface area contributed by atoms with E-state index in [4.69, 9.17) is 17.4 Å². The van der Waals surface area contributed by atoms with Gasteiger partial charge in [-0.15, -0.1) is 10.2 Å². The monoisotopic (exact) mass is 374 g/mol. The van der Waals surface area contributed by atoms with E-state index in [1.807, 2.05) is 31.2 Å². The maximum atomic E-state index is 12.0. The molecule has 0 aliphatic heterocycles. The van der Waals surface area contributed by atoms with Gasteiger partial charge in [0.2, 0.25) is 11.1 Å². The molecular formula is C16H15ClN6OS. The van der Waals surface area contributed by atoms with Gasteiger partial charge in [0.05, 0.1) is 10.8 Å². The van der Waals surface area contributed by atoms with Crippen LogP contribution in [0.25, 0.3) is 11.4 Å². The van der Waals surface area contributed by atoms with Crippen molar-refractivity contribution in [3.05, 3.63) is 53.2 Å². The zero-order valence-corrected chi connectivity index (χ0v) is 14.9. The molecule has 0 fully saturated rings. The number of nitrogens with zero attached hydrogens (tertiary/aromatic N) is 4. The van der Waals surface area contributed by atoms with Crippen molar-refractivity contribution in [3.8, 4) is 11.4 Å². The molecular weight excluding hydrogens is 360 g/mol. The van der Waals surface area contributed by atoms with Crippen molar-refractivity contribution in [3.63, 3.8) is 0 Å². The second-order valence-corrected chi connectivity index (χ2v) is 6.62. The van der Waals surface area contributed by atoms with Gasteiger partial charge in [0, 0.05) is 11.8 Å². The summed E-state index contributed by atoms with van der Waals surface area (Å²) in [4.78, 5) is 16.0. The fourth-order valence-corrected chi connectivity index (χ4v) is 2.80. The first-order valence-electron chi connectivity index (χ1n) is 7.34. The van der Waals surface area contributed by atoms with Crippen LogP contribution in [0, 0.1) is 6.92 Å². The summed E-state index contributed by atoms with van der Waals surface area (Å²) in [5, 5.41) is 11.8. The molecule has 9 heteroatoms. The predicted octanol–water partition coefficient (Wildman–Crippen LogP) is 2.75. The Morgan fingerprint density at radius 3 is 2.68 bits per heavy atom. The van der Waals surface area contributed by atoms with E-state index in [9.17, 15) is 4.79 Å². The van der Waals surface area contributed by atoms with E-state index < -0.39 is 0 Å². The van der Waals surface area contributed by atoms with Crippen molar-refractivity contribution in [1.29, 1.82) is 0 Å². The molecule has 0 aliphatic carbocycles. The summed E-state index contributed by atoms with van der Waals surface area (Å²) in [7, 11) is 0. The molecule has 0 radical (unpaired) electrons. The van der Waals surface area contributed by atoms with Gasteiger partial charge in [-0.2, -0.15) is 0 Å². The molecule has 0 unspecified atom stereocenters. The molecule has 3 N–H and O–H groups in total. The molecule has 0 atom stereocenters. The Morgan fingerprint density at radius 1 is 1.24 bits per heavy atom. The highest BCUT2D eigenvalue weighted by atomic mass is 35.5. The highest BCUT2D eigenvalue weighted by Gasteiger charge is 2.14. The minimum atomic E-state index is -0.222. The van der Waals surface area contributed by atoms with E-state index in [2.05, 4.69) is 20.5 Å². The van der Waals surface area contributed by atoms with Crippen molar-refractivity contribution < 1.29 is 4.79 Å². The van der Waals surface area contributed by atoms with Crippen LogP contribution in [0.4, 0.5) is 5.82 Å². The van der Waals surface area contributed by atoms with Crippen LogP contribution in [0.1, 0.15) is 5.56 Å². The third-order valence-electron chi connectivity index (χ3n) is 3.30. The molecule has 0 bridgehead atoms. The van der Waals surface area contributed by atoms with Gasteiger partial charge >= 0.3 is 0 Å². The smallest absolute Gasteiger partial charge is 0.236 e. The lowest BCUT2D eigenvalue weighted by atomic mass is 10.1. The number of halogens is 1. The first kappa shape index (κ1) is 17.2. The van der Waals surface area contributed by atoms with Gasteiger partial charge < -0.3 is 11.2 Å². The SMILES string of the molecule is Cc1ccc(-c2nnc(SCC(=O)Nc3ccc(Cl)cn3)n2N)cc1. The van der Waals surface area contributed by atoms with Crippen LogP contribution in [0.2, 0.25) is 5.02 Å². The zero-order valence-electron chi connectivity index (χ0n) is 13.3. The maximum Gasteiger partial charge on any atom is 0.236 e. The highest BCUT2D eigenvalue weighted by Crippen LogP contribution is 2.22. The van der Waals surface area contributed by atoms with Crippen LogP contribution in [0.5, 0.6) is 0 Å². The normalized spacial score (nSPS) is 10.6. The molecule has 1 aromatic carbocycles. The van der Waals surface area contributed by atoms with Crippen molar-refractivity contribution >= 4 is 35.1 Å². The maximum absolute atomic E-state index is 12.0. The Hall–Kier alpha value is -2.58. The Labute approximate surface area is 153 Å². The Balaban J connectivity index is 1.62. The average molecular weight is 375 g/mol. The number of rotatable bonds is 5. The number of nitrogens with one attached hydrogen (secondary N) is 1. The number of hydrogen-bond acceptors (Lipinski definition) is 6. The van der Waals surface area contributed by atoms with Crippen LogP contribution in [-0.4, -0.2) is 31.5 Å². The van der Waals surface area contributed by atoms with E-state index in [1.165, 1.54) is 22.6 Å². The molecule has 0 saturated carbocycles. The van der Waals surface area contributed by atoms with E-state index in [-0.39, 0.29) is 11.7 Å². The highest BCUT2D eigenvalue weighted by molar-refractivity contribution is 7.99. The van der Waals surface area contributed by atoms with Gasteiger partial charge in [-0.25, -0.2) is 9.66 Å². The number of nitrogens with two attached hydrogens (primary N) is 1. The number of aromatic nitrogens is 4.